The van der Waals surface area contributed by atoms with E-state index in [9.17, 15) is 8.78 Å². The average molecular weight is 465 g/mol. The van der Waals surface area contributed by atoms with Crippen LogP contribution in [0.5, 0.6) is 0 Å². The maximum Gasteiger partial charge on any atom is 0.123 e. The van der Waals surface area contributed by atoms with Crippen LogP contribution in [0.4, 0.5) is 8.78 Å². The molecule has 1 aliphatic rings. The Bertz CT molecular complexity index is 867. The van der Waals surface area contributed by atoms with Gasteiger partial charge >= 0.3 is 0 Å². The van der Waals surface area contributed by atoms with Gasteiger partial charge in [-0.15, -0.1) is 24.8 Å². The first kappa shape index (κ1) is 25.3. The molecule has 0 radical (unpaired) electrons. The summed E-state index contributed by atoms with van der Waals surface area (Å²) in [4.78, 5) is 4.91. The highest BCUT2D eigenvalue weighted by Gasteiger charge is 2.28. The van der Waals surface area contributed by atoms with Crippen molar-refractivity contribution in [2.75, 3.05) is 26.2 Å². The highest BCUT2D eigenvalue weighted by Crippen LogP contribution is 2.31. The van der Waals surface area contributed by atoms with Crippen LogP contribution in [-0.2, 0) is 0 Å². The molecule has 0 aromatic heterocycles. The normalized spacial score (nSPS) is 15.7. The Hall–Kier alpha value is -1.98. The minimum absolute atomic E-state index is 0. The topological polar surface area (TPSA) is 6.48 Å². The number of halogens is 4. The van der Waals surface area contributed by atoms with Gasteiger partial charge in [0.2, 0.25) is 0 Å². The molecule has 0 aliphatic carbocycles. The van der Waals surface area contributed by atoms with Crippen molar-refractivity contribution in [3.05, 3.63) is 107 Å². The lowest BCUT2D eigenvalue weighted by atomic mass is 9.96. The fraction of sp³-hybridized carbons (Fsp3) is 0.280. The fourth-order valence-electron chi connectivity index (χ4n) is 4.23. The predicted octanol–water partition coefficient (Wildman–Crippen LogP) is 6.28. The van der Waals surface area contributed by atoms with E-state index in [-0.39, 0.29) is 42.5 Å². The van der Waals surface area contributed by atoms with Crippen molar-refractivity contribution in [3.63, 3.8) is 0 Å². The van der Waals surface area contributed by atoms with E-state index >= 15 is 0 Å². The van der Waals surface area contributed by atoms with Gasteiger partial charge in [0.15, 0.2) is 0 Å². The first-order valence-corrected chi connectivity index (χ1v) is 10.2. The zero-order chi connectivity index (χ0) is 20.2. The Morgan fingerprint density at radius 2 is 1.00 bits per heavy atom. The van der Waals surface area contributed by atoms with Crippen molar-refractivity contribution in [2.45, 2.75) is 19.0 Å². The van der Waals surface area contributed by atoms with Crippen LogP contribution in [0.25, 0.3) is 0 Å². The molecule has 0 saturated carbocycles. The second kappa shape index (κ2) is 11.6. The van der Waals surface area contributed by atoms with E-state index in [0.717, 1.165) is 37.3 Å². The molecule has 1 aliphatic heterocycles. The highest BCUT2D eigenvalue weighted by molar-refractivity contribution is 5.85. The molecule has 4 rings (SSSR count). The van der Waals surface area contributed by atoms with Crippen LogP contribution in [0.1, 0.15) is 35.7 Å². The number of piperazine rings is 1. The minimum atomic E-state index is -0.242. The molecule has 1 fully saturated rings. The molecule has 1 unspecified atom stereocenters. The van der Waals surface area contributed by atoms with Crippen molar-refractivity contribution in [1.29, 1.82) is 0 Å². The van der Waals surface area contributed by atoms with Crippen molar-refractivity contribution >= 4 is 24.8 Å². The summed E-state index contributed by atoms with van der Waals surface area (Å²) in [6.07, 6.45) is 0. The summed E-state index contributed by atoms with van der Waals surface area (Å²) in [5.74, 6) is -0.485. The second-order valence-corrected chi connectivity index (χ2v) is 7.66. The molecule has 2 nitrogen and oxygen atoms in total. The number of benzene rings is 3. The van der Waals surface area contributed by atoms with Gasteiger partial charge in [-0.05, 0) is 47.9 Å². The molecule has 6 heteroatoms. The van der Waals surface area contributed by atoms with Crippen molar-refractivity contribution in [3.8, 4) is 0 Å². The molecule has 0 spiro atoms. The summed E-state index contributed by atoms with van der Waals surface area (Å²) in [6, 6.07) is 24.3. The van der Waals surface area contributed by atoms with E-state index in [2.05, 4.69) is 41.0 Å². The minimum Gasteiger partial charge on any atom is -0.294 e. The van der Waals surface area contributed by atoms with Crippen molar-refractivity contribution in [1.82, 2.24) is 9.80 Å². The van der Waals surface area contributed by atoms with E-state index in [1.807, 2.05) is 30.3 Å². The molecule has 0 amide bonds. The molecule has 3 aromatic rings. The van der Waals surface area contributed by atoms with Gasteiger partial charge in [-0.2, -0.15) is 0 Å². The molecule has 1 heterocycles. The number of nitrogens with zero attached hydrogens (tertiary/aromatic N) is 2. The number of rotatable bonds is 5. The van der Waals surface area contributed by atoms with Gasteiger partial charge in [-0.25, -0.2) is 8.78 Å². The number of hydrogen-bond acceptors (Lipinski definition) is 2. The lowest BCUT2D eigenvalue weighted by molar-refractivity contribution is 0.0839. The zero-order valence-electron chi connectivity index (χ0n) is 17.5. The smallest absolute Gasteiger partial charge is 0.123 e. The maximum atomic E-state index is 13.5. The third-order valence-electron chi connectivity index (χ3n) is 5.92. The van der Waals surface area contributed by atoms with Crippen LogP contribution in [-0.4, -0.2) is 36.0 Å². The third-order valence-corrected chi connectivity index (χ3v) is 5.92. The van der Waals surface area contributed by atoms with Crippen LogP contribution in [0.15, 0.2) is 78.9 Å². The second-order valence-electron chi connectivity index (χ2n) is 7.66. The van der Waals surface area contributed by atoms with Crippen LogP contribution in [0.3, 0.4) is 0 Å². The molecule has 1 atom stereocenters. The van der Waals surface area contributed by atoms with Gasteiger partial charge < -0.3 is 0 Å². The summed E-state index contributed by atoms with van der Waals surface area (Å²) in [5.41, 5.74) is 3.39. The maximum absolute atomic E-state index is 13.5. The van der Waals surface area contributed by atoms with Crippen molar-refractivity contribution < 1.29 is 8.78 Å². The first-order valence-electron chi connectivity index (χ1n) is 10.2. The Labute approximate surface area is 195 Å². The average Bonchev–Trinajstić information content (AvgIpc) is 2.77. The molecule has 31 heavy (non-hydrogen) atoms. The molecule has 166 valence electrons. The summed E-state index contributed by atoms with van der Waals surface area (Å²) >= 11 is 0. The van der Waals surface area contributed by atoms with Crippen LogP contribution < -0.4 is 0 Å². The lowest BCUT2D eigenvalue weighted by Gasteiger charge is -2.42. The molecular formula is C25H28Cl2F2N2. The van der Waals surface area contributed by atoms with E-state index < -0.39 is 0 Å². The first-order chi connectivity index (χ1) is 14.1. The van der Waals surface area contributed by atoms with E-state index in [1.54, 1.807) is 0 Å². The standard InChI is InChI=1S/C25H26F2N2.2ClH/c1-19(20-5-3-2-4-6-20)28-15-17-29(18-16-28)25(21-7-11-23(26)12-8-21)22-9-13-24(27)14-10-22;;/h2-14,19,25H,15-18H2,1H3;2*1H. The molecule has 3 aromatic carbocycles. The van der Waals surface area contributed by atoms with E-state index in [4.69, 9.17) is 0 Å². The lowest BCUT2D eigenvalue weighted by Crippen LogP contribution is -2.48. The Kier molecular flexibility index (Phi) is 9.45. The van der Waals surface area contributed by atoms with Gasteiger partial charge in [-0.1, -0.05) is 54.6 Å². The molecule has 1 saturated heterocycles. The Morgan fingerprint density at radius 3 is 1.45 bits per heavy atom. The van der Waals surface area contributed by atoms with E-state index in [0.29, 0.717) is 6.04 Å². The Morgan fingerprint density at radius 1 is 0.581 bits per heavy atom. The monoisotopic (exact) mass is 464 g/mol. The Balaban J connectivity index is 0.00000171. The van der Waals surface area contributed by atoms with Gasteiger partial charge in [-0.3, -0.25) is 9.80 Å². The summed E-state index contributed by atoms with van der Waals surface area (Å²) in [7, 11) is 0. The van der Waals surface area contributed by atoms with Crippen molar-refractivity contribution in [2.24, 2.45) is 0 Å². The zero-order valence-corrected chi connectivity index (χ0v) is 19.1. The SMILES string of the molecule is CC(c1ccccc1)N1CCN(C(c2ccc(F)cc2)c2ccc(F)cc2)CC1.Cl.Cl. The molecule has 0 N–H and O–H groups in total. The predicted molar refractivity (Wildman–Crippen MR) is 127 cm³/mol. The largest absolute Gasteiger partial charge is 0.294 e. The van der Waals surface area contributed by atoms with Crippen LogP contribution in [0, 0.1) is 11.6 Å². The van der Waals surface area contributed by atoms with Gasteiger partial charge in [0, 0.05) is 32.2 Å². The number of hydrogen-bond donors (Lipinski definition) is 0. The van der Waals surface area contributed by atoms with E-state index in [1.165, 1.54) is 29.8 Å². The molecular weight excluding hydrogens is 437 g/mol. The van der Waals surface area contributed by atoms with Gasteiger partial charge in [0.1, 0.15) is 11.6 Å². The third kappa shape index (κ3) is 6.05. The summed E-state index contributed by atoms with van der Waals surface area (Å²) < 4.78 is 27.0. The van der Waals surface area contributed by atoms with Gasteiger partial charge in [0.05, 0.1) is 6.04 Å². The summed E-state index contributed by atoms with van der Waals surface area (Å²) in [6.45, 7) is 5.96. The van der Waals surface area contributed by atoms with Crippen LogP contribution in [0.2, 0.25) is 0 Å². The summed E-state index contributed by atoms with van der Waals surface area (Å²) in [5, 5.41) is 0. The van der Waals surface area contributed by atoms with Crippen LogP contribution >= 0.6 is 24.8 Å². The highest BCUT2D eigenvalue weighted by atomic mass is 35.5. The quantitative estimate of drug-likeness (QED) is 0.438. The van der Waals surface area contributed by atoms with Gasteiger partial charge in [0.25, 0.3) is 0 Å². The fourth-order valence-corrected chi connectivity index (χ4v) is 4.23. The molecule has 0 bridgehead atoms.